The maximum atomic E-state index is 11.8. The monoisotopic (exact) mass is 246 g/mol. The van der Waals surface area contributed by atoms with Crippen LogP contribution in [0.15, 0.2) is 24.3 Å². The van der Waals surface area contributed by atoms with Gasteiger partial charge in [0.05, 0.1) is 18.2 Å². The van der Waals surface area contributed by atoms with Crippen LogP contribution in [0.4, 0.5) is 0 Å². The van der Waals surface area contributed by atoms with Crippen molar-refractivity contribution in [3.8, 4) is 6.07 Å². The van der Waals surface area contributed by atoms with Crippen LogP contribution in [0.5, 0.6) is 0 Å². The summed E-state index contributed by atoms with van der Waals surface area (Å²) in [4.78, 5) is 11.8. The molecule has 0 spiro atoms. The van der Waals surface area contributed by atoms with Gasteiger partial charge in [-0.05, 0) is 18.2 Å². The van der Waals surface area contributed by atoms with Gasteiger partial charge in [-0.1, -0.05) is 6.07 Å². The topological polar surface area (TPSA) is 82.4 Å². The lowest BCUT2D eigenvalue weighted by Gasteiger charge is -2.20. The van der Waals surface area contributed by atoms with E-state index in [1.54, 1.807) is 18.2 Å². The molecular formula is C13H14N2O3. The molecule has 18 heavy (non-hydrogen) atoms. The zero-order valence-corrected chi connectivity index (χ0v) is 9.85. The van der Waals surface area contributed by atoms with Crippen LogP contribution >= 0.6 is 0 Å². The third-order valence-electron chi connectivity index (χ3n) is 2.91. The maximum absolute atomic E-state index is 11.8. The Morgan fingerprint density at radius 1 is 1.61 bits per heavy atom. The zero-order valence-electron chi connectivity index (χ0n) is 9.85. The van der Waals surface area contributed by atoms with Gasteiger partial charge in [-0.2, -0.15) is 5.26 Å². The minimum Gasteiger partial charge on any atom is -0.386 e. The Morgan fingerprint density at radius 3 is 3.11 bits per heavy atom. The summed E-state index contributed by atoms with van der Waals surface area (Å²) in [6, 6.07) is 8.41. The Labute approximate surface area is 105 Å². The van der Waals surface area contributed by atoms with Crippen molar-refractivity contribution in [3.05, 3.63) is 35.4 Å². The fraction of sp³-hybridized carbons (Fsp3) is 0.385. The van der Waals surface area contributed by atoms with Crippen molar-refractivity contribution in [1.29, 1.82) is 5.26 Å². The Kier molecular flexibility index (Phi) is 3.60. The first-order valence-corrected chi connectivity index (χ1v) is 5.71. The largest absolute Gasteiger partial charge is 0.386 e. The number of hydrogen-bond acceptors (Lipinski definition) is 4. The van der Waals surface area contributed by atoms with Crippen LogP contribution in [0.3, 0.4) is 0 Å². The molecular weight excluding hydrogens is 232 g/mol. The van der Waals surface area contributed by atoms with E-state index in [1.165, 1.54) is 6.07 Å². The number of ether oxygens (including phenoxy) is 1. The first-order chi connectivity index (χ1) is 8.63. The maximum Gasteiger partial charge on any atom is 0.251 e. The lowest BCUT2D eigenvalue weighted by molar-refractivity contribution is 0.0264. The van der Waals surface area contributed by atoms with E-state index in [0.29, 0.717) is 24.2 Å². The summed E-state index contributed by atoms with van der Waals surface area (Å²) in [6.45, 7) is 0.907. The van der Waals surface area contributed by atoms with Crippen molar-refractivity contribution >= 4 is 5.91 Å². The summed E-state index contributed by atoms with van der Waals surface area (Å²) >= 11 is 0. The molecule has 1 heterocycles. The molecule has 0 saturated carbocycles. The molecule has 0 aliphatic carbocycles. The van der Waals surface area contributed by atoms with Gasteiger partial charge < -0.3 is 15.2 Å². The minimum atomic E-state index is -0.970. The van der Waals surface area contributed by atoms with Crippen molar-refractivity contribution < 1.29 is 14.6 Å². The van der Waals surface area contributed by atoms with Crippen molar-refractivity contribution in [2.45, 2.75) is 12.0 Å². The molecule has 1 aromatic carbocycles. The van der Waals surface area contributed by atoms with Crippen LogP contribution in [0.2, 0.25) is 0 Å². The summed E-state index contributed by atoms with van der Waals surface area (Å²) < 4.78 is 5.09. The lowest BCUT2D eigenvalue weighted by Crippen LogP contribution is -2.43. The van der Waals surface area contributed by atoms with Crippen LogP contribution in [0.25, 0.3) is 0 Å². The number of rotatable bonds is 3. The molecule has 5 heteroatoms. The molecule has 1 saturated heterocycles. The highest BCUT2D eigenvalue weighted by Gasteiger charge is 2.32. The van der Waals surface area contributed by atoms with Gasteiger partial charge >= 0.3 is 0 Å². The molecule has 1 fully saturated rings. The number of nitrogens with one attached hydrogen (secondary N) is 1. The third-order valence-corrected chi connectivity index (χ3v) is 2.91. The molecule has 5 nitrogen and oxygen atoms in total. The van der Waals surface area contributed by atoms with Crippen molar-refractivity contribution in [3.63, 3.8) is 0 Å². The second kappa shape index (κ2) is 5.17. The van der Waals surface area contributed by atoms with E-state index in [9.17, 15) is 9.90 Å². The van der Waals surface area contributed by atoms with Gasteiger partial charge in [-0.15, -0.1) is 0 Å². The number of aliphatic hydroxyl groups is 1. The molecule has 1 aliphatic heterocycles. The Bertz CT molecular complexity index is 487. The molecule has 0 aromatic heterocycles. The molecule has 0 bridgehead atoms. The number of nitrogens with zero attached hydrogens (tertiary/aromatic N) is 1. The molecule has 94 valence electrons. The van der Waals surface area contributed by atoms with E-state index in [2.05, 4.69) is 5.32 Å². The fourth-order valence-corrected chi connectivity index (χ4v) is 1.81. The first-order valence-electron chi connectivity index (χ1n) is 5.71. The number of nitriles is 1. The Hall–Kier alpha value is -1.90. The second-order valence-electron chi connectivity index (χ2n) is 4.40. The quantitative estimate of drug-likeness (QED) is 0.810. The number of benzene rings is 1. The molecule has 1 aliphatic rings. The number of hydrogen-bond donors (Lipinski definition) is 2. The van der Waals surface area contributed by atoms with E-state index in [0.717, 1.165) is 0 Å². The normalized spacial score (nSPS) is 22.4. The molecule has 0 radical (unpaired) electrons. The number of carbonyl (C=O) groups excluding carboxylic acids is 1. The summed E-state index contributed by atoms with van der Waals surface area (Å²) in [5.41, 5.74) is -0.121. The van der Waals surface area contributed by atoms with Gasteiger partial charge in [0.1, 0.15) is 5.60 Å². The van der Waals surface area contributed by atoms with Crippen molar-refractivity contribution in [2.24, 2.45) is 0 Å². The highest BCUT2D eigenvalue weighted by atomic mass is 16.5. The lowest BCUT2D eigenvalue weighted by atomic mass is 10.0. The van der Waals surface area contributed by atoms with Crippen LogP contribution in [-0.4, -0.2) is 36.4 Å². The van der Waals surface area contributed by atoms with Gasteiger partial charge in [0.25, 0.3) is 5.91 Å². The SMILES string of the molecule is N#Cc1cccc(C(=O)NC[C@]2(O)CCOC2)c1. The summed E-state index contributed by atoms with van der Waals surface area (Å²) in [5, 5.41) is 21.4. The molecule has 1 atom stereocenters. The van der Waals surface area contributed by atoms with E-state index < -0.39 is 5.60 Å². The molecule has 1 aromatic rings. The zero-order chi connectivity index (χ0) is 13.0. The van der Waals surface area contributed by atoms with E-state index in [4.69, 9.17) is 10.00 Å². The van der Waals surface area contributed by atoms with Crippen LogP contribution in [0, 0.1) is 11.3 Å². The van der Waals surface area contributed by atoms with E-state index in [-0.39, 0.29) is 19.1 Å². The van der Waals surface area contributed by atoms with Crippen molar-refractivity contribution in [2.75, 3.05) is 19.8 Å². The average Bonchev–Trinajstić information content (AvgIpc) is 2.83. The molecule has 0 unspecified atom stereocenters. The third kappa shape index (κ3) is 2.86. The van der Waals surface area contributed by atoms with Gasteiger partial charge in [0.2, 0.25) is 0 Å². The summed E-state index contributed by atoms with van der Waals surface area (Å²) in [7, 11) is 0. The minimum absolute atomic E-state index is 0.155. The Balaban J connectivity index is 1.97. The second-order valence-corrected chi connectivity index (χ2v) is 4.40. The smallest absolute Gasteiger partial charge is 0.251 e. The average molecular weight is 246 g/mol. The first kappa shape index (κ1) is 12.6. The highest BCUT2D eigenvalue weighted by molar-refractivity contribution is 5.94. The Morgan fingerprint density at radius 2 is 2.44 bits per heavy atom. The van der Waals surface area contributed by atoms with Crippen LogP contribution in [0.1, 0.15) is 22.3 Å². The number of amides is 1. The van der Waals surface area contributed by atoms with Gasteiger partial charge in [0, 0.05) is 25.1 Å². The molecule has 2 N–H and O–H groups in total. The highest BCUT2D eigenvalue weighted by Crippen LogP contribution is 2.17. The van der Waals surface area contributed by atoms with Gasteiger partial charge in [0.15, 0.2) is 0 Å². The molecule has 1 amide bonds. The molecule has 2 rings (SSSR count). The van der Waals surface area contributed by atoms with E-state index in [1.807, 2.05) is 6.07 Å². The predicted octanol–water partition coefficient (Wildman–Crippen LogP) is 0.439. The summed E-state index contributed by atoms with van der Waals surface area (Å²) in [6.07, 6.45) is 0.519. The van der Waals surface area contributed by atoms with Gasteiger partial charge in [-0.25, -0.2) is 0 Å². The van der Waals surface area contributed by atoms with Crippen molar-refractivity contribution in [1.82, 2.24) is 5.32 Å². The van der Waals surface area contributed by atoms with Gasteiger partial charge in [-0.3, -0.25) is 4.79 Å². The number of carbonyl (C=O) groups is 1. The predicted molar refractivity (Wildman–Crippen MR) is 63.9 cm³/mol. The fourth-order valence-electron chi connectivity index (χ4n) is 1.81. The van der Waals surface area contributed by atoms with E-state index >= 15 is 0 Å². The summed E-state index contributed by atoms with van der Waals surface area (Å²) in [5.74, 6) is -0.299. The van der Waals surface area contributed by atoms with Crippen LogP contribution in [-0.2, 0) is 4.74 Å². The van der Waals surface area contributed by atoms with Crippen LogP contribution < -0.4 is 5.32 Å². The standard InChI is InChI=1S/C13H14N2O3/c14-7-10-2-1-3-11(6-10)12(16)15-8-13(17)4-5-18-9-13/h1-3,6,17H,4-5,8-9H2,(H,15,16)/t13-/m1/s1.